The Kier molecular flexibility index (Phi) is 5.78. The minimum atomic E-state index is -0.279. The summed E-state index contributed by atoms with van der Waals surface area (Å²) in [5.74, 6) is 2.55. The molecule has 4 rings (SSSR count). The lowest BCUT2D eigenvalue weighted by Crippen LogP contribution is -2.44. The van der Waals surface area contributed by atoms with E-state index in [0.29, 0.717) is 41.3 Å². The molecule has 0 aliphatic heterocycles. The molecule has 0 spiro atoms. The number of esters is 2. The van der Waals surface area contributed by atoms with Crippen molar-refractivity contribution in [3.63, 3.8) is 0 Å². The second-order valence-corrected chi connectivity index (χ2v) is 10.5. The van der Waals surface area contributed by atoms with Gasteiger partial charge < -0.3 is 9.47 Å². The number of rotatable bonds is 5. The average molecular weight is 425 g/mol. The Hall–Kier alpha value is -2.10. The summed E-state index contributed by atoms with van der Waals surface area (Å²) in [6, 6.07) is 0. The van der Waals surface area contributed by atoms with E-state index >= 15 is 0 Å². The van der Waals surface area contributed by atoms with Crippen LogP contribution in [-0.2, 0) is 19.1 Å². The maximum atomic E-state index is 11.7. The van der Waals surface area contributed by atoms with Gasteiger partial charge in [0.2, 0.25) is 0 Å². The first-order valence-corrected chi connectivity index (χ1v) is 11.8. The smallest absolute Gasteiger partial charge is 0.308 e. The van der Waals surface area contributed by atoms with E-state index in [0.717, 1.165) is 6.42 Å². The highest BCUT2D eigenvalue weighted by atomic mass is 16.5. The van der Waals surface area contributed by atoms with Gasteiger partial charge >= 0.3 is 11.9 Å². The molecule has 0 aromatic heterocycles. The normalized spacial score (nSPS) is 36.8. The van der Waals surface area contributed by atoms with Gasteiger partial charge in [0.25, 0.3) is 0 Å². The molecular formula is C27H36O4. The van der Waals surface area contributed by atoms with E-state index in [9.17, 15) is 9.59 Å². The first-order chi connectivity index (χ1) is 14.7. The summed E-state index contributed by atoms with van der Waals surface area (Å²) < 4.78 is 10.2. The quantitative estimate of drug-likeness (QED) is 0.515. The first-order valence-electron chi connectivity index (χ1n) is 11.8. The van der Waals surface area contributed by atoms with Crippen molar-refractivity contribution in [2.75, 3.05) is 7.11 Å². The van der Waals surface area contributed by atoms with Crippen molar-refractivity contribution in [2.45, 2.75) is 66.2 Å². The zero-order valence-electron chi connectivity index (χ0n) is 19.6. The summed E-state index contributed by atoms with van der Waals surface area (Å²) >= 11 is 0. The van der Waals surface area contributed by atoms with Gasteiger partial charge in [0.1, 0.15) is 5.76 Å². The second kappa shape index (κ2) is 8.11. The lowest BCUT2D eigenvalue weighted by molar-refractivity contribution is -0.141. The maximum absolute atomic E-state index is 11.7. The highest BCUT2D eigenvalue weighted by Gasteiger charge is 2.56. The van der Waals surface area contributed by atoms with E-state index in [2.05, 4.69) is 39.0 Å². The standard InChI is InChI=1S/C27H36O4/c1-17(6-11-25(29)30-5)22-9-10-23-21-8-7-19-16-20(31-18(2)28)12-14-26(19,3)24(21)13-15-27(22,23)4/h7-8,12,14,16-17,22-24H,6,9-11,13,15H2,1-5H3/t17-,22-,23+,24+,26+,27-/m1/s1. The molecular weight excluding hydrogens is 388 g/mol. The van der Waals surface area contributed by atoms with Gasteiger partial charge in [0.15, 0.2) is 0 Å². The van der Waals surface area contributed by atoms with E-state index in [1.54, 1.807) is 5.57 Å². The van der Waals surface area contributed by atoms with E-state index < -0.39 is 0 Å². The van der Waals surface area contributed by atoms with Crippen LogP contribution in [-0.4, -0.2) is 19.0 Å². The van der Waals surface area contributed by atoms with Crippen LogP contribution in [0.1, 0.15) is 66.2 Å². The molecule has 0 bridgehead atoms. The predicted molar refractivity (Wildman–Crippen MR) is 121 cm³/mol. The van der Waals surface area contributed by atoms with Crippen molar-refractivity contribution in [3.8, 4) is 0 Å². The average Bonchev–Trinajstić information content (AvgIpc) is 3.09. The summed E-state index contributed by atoms with van der Waals surface area (Å²) in [7, 11) is 1.48. The molecule has 0 aromatic rings. The van der Waals surface area contributed by atoms with Crippen LogP contribution >= 0.6 is 0 Å². The van der Waals surface area contributed by atoms with Gasteiger partial charge in [-0.25, -0.2) is 0 Å². The number of fused-ring (bicyclic) bond motifs is 5. The van der Waals surface area contributed by atoms with Gasteiger partial charge in [0.05, 0.1) is 7.11 Å². The highest BCUT2D eigenvalue weighted by Crippen LogP contribution is 2.65. The summed E-state index contributed by atoms with van der Waals surface area (Å²) in [4.78, 5) is 23.0. The Balaban J connectivity index is 1.57. The number of ether oxygens (including phenoxy) is 2. The van der Waals surface area contributed by atoms with Gasteiger partial charge in [-0.2, -0.15) is 0 Å². The van der Waals surface area contributed by atoms with Gasteiger partial charge in [-0.1, -0.05) is 44.6 Å². The van der Waals surface area contributed by atoms with Gasteiger partial charge in [0, 0.05) is 18.8 Å². The molecule has 0 radical (unpaired) electrons. The molecule has 6 atom stereocenters. The summed E-state index contributed by atoms with van der Waals surface area (Å²) in [6.45, 7) is 8.60. The Labute approximate surface area is 186 Å². The van der Waals surface area contributed by atoms with E-state index in [-0.39, 0.29) is 17.4 Å². The molecule has 168 valence electrons. The molecule has 2 fully saturated rings. The Morgan fingerprint density at radius 3 is 2.65 bits per heavy atom. The van der Waals surface area contributed by atoms with Crippen molar-refractivity contribution in [2.24, 2.45) is 34.5 Å². The highest BCUT2D eigenvalue weighted by molar-refractivity contribution is 5.69. The molecule has 4 nitrogen and oxygen atoms in total. The molecule has 4 aliphatic rings. The number of carbonyl (C=O) groups excluding carboxylic acids is 2. The van der Waals surface area contributed by atoms with Gasteiger partial charge in [-0.05, 0) is 78.9 Å². The third-order valence-corrected chi connectivity index (χ3v) is 8.86. The van der Waals surface area contributed by atoms with E-state index in [1.165, 1.54) is 45.3 Å². The van der Waals surface area contributed by atoms with E-state index in [4.69, 9.17) is 9.47 Å². The van der Waals surface area contributed by atoms with Crippen molar-refractivity contribution in [3.05, 3.63) is 47.3 Å². The van der Waals surface area contributed by atoms with Crippen LogP contribution in [0, 0.1) is 34.5 Å². The number of carbonyl (C=O) groups is 2. The first kappa shape index (κ1) is 22.1. The SMILES string of the molecule is COC(=O)CC[C@@H](C)[C@H]1CC[C@H]2C3=CC=C4C=C(OC(C)=O)C=C[C@]4(C)[C@H]3CC[C@]12C. The van der Waals surface area contributed by atoms with E-state index in [1.807, 2.05) is 12.2 Å². The third-order valence-electron chi connectivity index (χ3n) is 8.86. The van der Waals surface area contributed by atoms with Gasteiger partial charge in [-0.15, -0.1) is 0 Å². The van der Waals surface area contributed by atoms with Crippen LogP contribution in [0.4, 0.5) is 0 Å². The minimum Gasteiger partial charge on any atom is -0.469 e. The molecule has 0 heterocycles. The third kappa shape index (κ3) is 3.72. The molecule has 0 amide bonds. The van der Waals surface area contributed by atoms with Crippen molar-refractivity contribution >= 4 is 11.9 Å². The molecule has 0 aromatic carbocycles. The number of methoxy groups -OCH3 is 1. The number of hydrogen-bond acceptors (Lipinski definition) is 4. The van der Waals surface area contributed by atoms with Crippen LogP contribution < -0.4 is 0 Å². The summed E-state index contributed by atoms with van der Waals surface area (Å²) in [6.07, 6.45) is 17.2. The minimum absolute atomic E-state index is 0.0380. The molecule has 0 saturated heterocycles. The van der Waals surface area contributed by atoms with Crippen LogP contribution in [0.25, 0.3) is 0 Å². The predicted octanol–water partition coefficient (Wildman–Crippen LogP) is 5.91. The zero-order chi connectivity index (χ0) is 22.4. The molecule has 0 unspecified atom stereocenters. The van der Waals surface area contributed by atoms with Crippen LogP contribution in [0.2, 0.25) is 0 Å². The molecule has 31 heavy (non-hydrogen) atoms. The lowest BCUT2D eigenvalue weighted by Gasteiger charge is -2.53. The fraction of sp³-hybridized carbons (Fsp3) is 0.630. The fourth-order valence-corrected chi connectivity index (χ4v) is 7.17. The summed E-state index contributed by atoms with van der Waals surface area (Å²) in [5, 5.41) is 0. The molecule has 4 heteroatoms. The molecule has 0 N–H and O–H groups in total. The largest absolute Gasteiger partial charge is 0.469 e. The van der Waals surface area contributed by atoms with Crippen molar-refractivity contribution in [1.82, 2.24) is 0 Å². The van der Waals surface area contributed by atoms with Crippen LogP contribution in [0.5, 0.6) is 0 Å². The zero-order valence-corrected chi connectivity index (χ0v) is 19.6. The number of allylic oxidation sites excluding steroid dienone is 7. The maximum Gasteiger partial charge on any atom is 0.308 e. The van der Waals surface area contributed by atoms with Crippen molar-refractivity contribution < 1.29 is 19.1 Å². The molecule has 2 saturated carbocycles. The fourth-order valence-electron chi connectivity index (χ4n) is 7.17. The van der Waals surface area contributed by atoms with Crippen molar-refractivity contribution in [1.29, 1.82) is 0 Å². The Morgan fingerprint density at radius 2 is 1.94 bits per heavy atom. The second-order valence-electron chi connectivity index (χ2n) is 10.5. The topological polar surface area (TPSA) is 52.6 Å². The monoisotopic (exact) mass is 424 g/mol. The Morgan fingerprint density at radius 1 is 1.16 bits per heavy atom. The van der Waals surface area contributed by atoms with Crippen LogP contribution in [0.3, 0.4) is 0 Å². The summed E-state index contributed by atoms with van der Waals surface area (Å²) in [5.41, 5.74) is 3.11. The van der Waals surface area contributed by atoms with Crippen LogP contribution in [0.15, 0.2) is 47.3 Å². The lowest BCUT2D eigenvalue weighted by atomic mass is 9.51. The number of hydrogen-bond donors (Lipinski definition) is 0. The van der Waals surface area contributed by atoms with Gasteiger partial charge in [-0.3, -0.25) is 9.59 Å². The molecule has 4 aliphatic carbocycles. The Bertz CT molecular complexity index is 891.